The molecule has 8 aromatic carbocycles. The van der Waals surface area contributed by atoms with Gasteiger partial charge in [0.05, 0.1) is 88.2 Å². The molecule has 0 aliphatic rings. The minimum Gasteiger partial charge on any atom is -0.478 e. The Morgan fingerprint density at radius 2 is 0.726 bits per heavy atom. The largest absolute Gasteiger partial charge is 0.478 e. The van der Waals surface area contributed by atoms with Gasteiger partial charge in [-0.25, -0.2) is 42.5 Å². The van der Waals surface area contributed by atoms with Crippen molar-refractivity contribution in [1.29, 1.82) is 0 Å². The molecule has 4 aromatic heterocycles. The molecule has 0 saturated heterocycles. The van der Waals surface area contributed by atoms with E-state index in [0.717, 1.165) is 42.2 Å². The Kier molecular flexibility index (Phi) is 25.0. The molecule has 0 spiro atoms. The van der Waals surface area contributed by atoms with Gasteiger partial charge in [0.2, 0.25) is 0 Å². The molecule has 12 rings (SSSR count). The first-order valence-electron chi connectivity index (χ1n) is 31.8. The van der Waals surface area contributed by atoms with Crippen LogP contribution in [0.5, 0.6) is 0 Å². The highest BCUT2D eigenvalue weighted by atomic mass is 32.2. The number of imidazole rings is 2. The van der Waals surface area contributed by atoms with Gasteiger partial charge in [0.1, 0.15) is 5.82 Å². The second-order valence-corrected chi connectivity index (χ2v) is 32.1. The van der Waals surface area contributed by atoms with Crippen molar-refractivity contribution in [1.82, 2.24) is 33.9 Å². The zero-order valence-corrected chi connectivity index (χ0v) is 61.7. The van der Waals surface area contributed by atoms with Crippen LogP contribution in [0.15, 0.2) is 269 Å². The highest BCUT2D eigenvalue weighted by Gasteiger charge is 2.33. The molecule has 0 amide bonds. The molecule has 0 fully saturated rings. The molecule has 4 heterocycles. The summed E-state index contributed by atoms with van der Waals surface area (Å²) in [5.41, 5.74) is 4.69. The number of anilines is 4. The van der Waals surface area contributed by atoms with Gasteiger partial charge in [-0.1, -0.05) is 146 Å². The number of aromatic nitrogens is 7. The molecule has 0 atom stereocenters. The van der Waals surface area contributed by atoms with Gasteiger partial charge in [-0.3, -0.25) is 21.9 Å². The number of aryl methyl sites for hydroxylation is 6. The highest BCUT2D eigenvalue weighted by Crippen LogP contribution is 2.34. The molecular formula is C74H71N11O16S5. The van der Waals surface area contributed by atoms with Crippen LogP contribution in [0.25, 0.3) is 0 Å². The van der Waals surface area contributed by atoms with Crippen LogP contribution in [-0.2, 0) is 87.4 Å². The van der Waals surface area contributed by atoms with Crippen LogP contribution >= 0.6 is 11.3 Å². The molecule has 0 aliphatic heterocycles. The van der Waals surface area contributed by atoms with Crippen molar-refractivity contribution in [3.8, 4) is 0 Å². The van der Waals surface area contributed by atoms with E-state index in [9.17, 15) is 73.3 Å². The predicted octanol–water partition coefficient (Wildman–Crippen LogP) is 11.7. The maximum absolute atomic E-state index is 13.4. The summed E-state index contributed by atoms with van der Waals surface area (Å²) in [6.07, 6.45) is 5.81. The number of hydrogen-bond donors (Lipinski definition) is 4. The van der Waals surface area contributed by atoms with Crippen molar-refractivity contribution in [2.24, 2.45) is 21.1 Å². The third-order valence-electron chi connectivity index (χ3n) is 15.7. The van der Waals surface area contributed by atoms with Gasteiger partial charge in [0.25, 0.3) is 40.1 Å². The van der Waals surface area contributed by atoms with Crippen LogP contribution in [-0.4, -0.2) is 112 Å². The number of carboxylic acids is 4. The standard InChI is InChI=1S/C19H19N3O4S.C19H18N2O4S2.2C18H17N3O4S/c1-14-20-18(13-21(14)2)27(25,26)22(12-15-7-4-3-5-8-15)17-10-6-9-16(11-17)19(23)24;1-13-19(26-14(2)20-13)27(24,25)21(12-15-7-4-3-5-8-15)17-10-6-9-16(11-17)18(22)23;1-20-12-17(19-13-20)26(24,25)21(11-14-6-3-2-4-7-14)16-9-5-8-15(10-16)18(22)23;1-20-11-10-17(19-20)26(24,25)21(13-14-6-3-2-4-7-14)16-9-5-8-15(12-16)18(22)23/h3-11,13H,12H2,1-2H3,(H,23,24);3-11H,12H2,1-2H3,(H,22,23);2-10,12-13H,11H2,1H3,(H,22,23);2-12H,13H2,1H3,(H,22,23). The number of carbonyl (C=O) groups is 4. The summed E-state index contributed by atoms with van der Waals surface area (Å²) < 4.78 is 115. The van der Waals surface area contributed by atoms with E-state index in [2.05, 4.69) is 20.1 Å². The van der Waals surface area contributed by atoms with Crippen molar-refractivity contribution in [2.45, 2.75) is 66.2 Å². The van der Waals surface area contributed by atoms with E-state index in [0.29, 0.717) is 22.2 Å². The average Bonchev–Trinajstić information content (AvgIpc) is 1.50. The van der Waals surface area contributed by atoms with Crippen molar-refractivity contribution >= 4 is 98.1 Å². The molecule has 0 radical (unpaired) electrons. The molecule has 548 valence electrons. The van der Waals surface area contributed by atoms with Crippen LogP contribution in [0.2, 0.25) is 0 Å². The first-order valence-corrected chi connectivity index (χ1v) is 38.4. The molecule has 106 heavy (non-hydrogen) atoms. The summed E-state index contributed by atoms with van der Waals surface area (Å²) in [6.45, 7) is 5.38. The van der Waals surface area contributed by atoms with Gasteiger partial charge < -0.3 is 29.6 Å². The number of sulfonamides is 4. The zero-order valence-electron chi connectivity index (χ0n) is 57.6. The monoisotopic (exact) mass is 1530 g/mol. The van der Waals surface area contributed by atoms with Gasteiger partial charge in [-0.2, -0.15) is 30.4 Å². The van der Waals surface area contributed by atoms with Gasteiger partial charge in [-0.05, 0) is 122 Å². The number of benzene rings is 8. The minimum absolute atomic E-state index is 0.0109. The van der Waals surface area contributed by atoms with Crippen LogP contribution in [0, 0.1) is 20.8 Å². The Morgan fingerprint density at radius 1 is 0.396 bits per heavy atom. The summed E-state index contributed by atoms with van der Waals surface area (Å²) >= 11 is 1.11. The smallest absolute Gasteiger partial charge is 0.335 e. The highest BCUT2D eigenvalue weighted by molar-refractivity contribution is 7.95. The third kappa shape index (κ3) is 19.4. The molecule has 32 heteroatoms. The van der Waals surface area contributed by atoms with Gasteiger partial charge in [0, 0.05) is 39.7 Å². The van der Waals surface area contributed by atoms with Crippen LogP contribution in [0.4, 0.5) is 22.7 Å². The van der Waals surface area contributed by atoms with E-state index < -0.39 is 64.0 Å². The first kappa shape index (κ1) is 78.0. The second kappa shape index (κ2) is 34.0. The fraction of sp³-hybridized carbons (Fsp3) is 0.135. The van der Waals surface area contributed by atoms with Gasteiger partial charge in [0.15, 0.2) is 19.3 Å². The van der Waals surface area contributed by atoms with Gasteiger partial charge in [-0.15, -0.1) is 11.3 Å². The molecule has 12 aromatic rings. The first-order chi connectivity index (χ1) is 50.3. The number of thiazole rings is 1. The number of nitrogens with zero attached hydrogens (tertiary/aromatic N) is 11. The number of carboxylic acid groups (broad SMARTS) is 4. The van der Waals surface area contributed by atoms with Crippen molar-refractivity contribution in [3.05, 3.63) is 310 Å². The summed E-state index contributed by atoms with van der Waals surface area (Å²) in [7, 11) is -10.8. The van der Waals surface area contributed by atoms with E-state index in [1.165, 1.54) is 111 Å². The topological polar surface area (TPSA) is 365 Å². The Morgan fingerprint density at radius 3 is 1.00 bits per heavy atom. The van der Waals surface area contributed by atoms with Crippen LogP contribution in [0.1, 0.15) is 80.2 Å². The summed E-state index contributed by atoms with van der Waals surface area (Å²) in [5, 5.41) is 41.3. The lowest BCUT2D eigenvalue weighted by molar-refractivity contribution is 0.0686. The molecule has 0 bridgehead atoms. The lowest BCUT2D eigenvalue weighted by Crippen LogP contribution is -2.31. The third-order valence-corrected chi connectivity index (χ3v) is 24.1. The van der Waals surface area contributed by atoms with Gasteiger partial charge >= 0.3 is 23.9 Å². The Labute approximate surface area is 616 Å². The molecule has 0 unspecified atom stereocenters. The molecule has 0 aliphatic carbocycles. The summed E-state index contributed by atoms with van der Waals surface area (Å²) in [6, 6.07) is 61.3. The maximum Gasteiger partial charge on any atom is 0.335 e. The number of rotatable bonds is 24. The van der Waals surface area contributed by atoms with E-state index >= 15 is 0 Å². The van der Waals surface area contributed by atoms with Crippen LogP contribution < -0.4 is 17.2 Å². The fourth-order valence-corrected chi connectivity index (χ4v) is 17.6. The Balaban J connectivity index is 0.000000163. The predicted molar refractivity (Wildman–Crippen MR) is 399 cm³/mol. The number of hydrogen-bond acceptors (Lipinski definition) is 17. The summed E-state index contributed by atoms with van der Waals surface area (Å²) in [4.78, 5) is 57.5. The Hall–Kier alpha value is -12.1. The molecule has 0 saturated carbocycles. The van der Waals surface area contributed by atoms with Crippen molar-refractivity contribution in [2.75, 3.05) is 17.2 Å². The molecular weight excluding hydrogens is 1460 g/mol. The zero-order chi connectivity index (χ0) is 76.7. The lowest BCUT2D eigenvalue weighted by Gasteiger charge is -2.24. The Bertz CT molecular complexity index is 5400. The average molecular weight is 1530 g/mol. The van der Waals surface area contributed by atoms with E-state index in [1.54, 1.807) is 81.5 Å². The maximum atomic E-state index is 13.4. The molecule has 4 N–H and O–H groups in total. The van der Waals surface area contributed by atoms with Crippen molar-refractivity contribution in [3.63, 3.8) is 0 Å². The van der Waals surface area contributed by atoms with Crippen molar-refractivity contribution < 1.29 is 73.3 Å². The summed E-state index contributed by atoms with van der Waals surface area (Å²) in [5.74, 6) is -3.92. The van der Waals surface area contributed by atoms with E-state index in [-0.39, 0.29) is 84.8 Å². The minimum atomic E-state index is -3.99. The normalized spacial score (nSPS) is 11.3. The quantitative estimate of drug-likeness (QED) is 0.0436. The lowest BCUT2D eigenvalue weighted by atomic mass is 10.2. The molecule has 27 nitrogen and oxygen atoms in total. The fourth-order valence-electron chi connectivity index (χ4n) is 10.3. The van der Waals surface area contributed by atoms with E-state index in [1.807, 2.05) is 121 Å². The SMILES string of the molecule is Cc1nc(C)c(S(=O)(=O)N(Cc2ccccc2)c2cccc(C(=O)O)c2)s1.Cc1nc(S(=O)(=O)N(Cc2ccccc2)c2cccc(C(=O)O)c2)cn1C.Cn1ccc(S(=O)(=O)N(Cc2ccccc2)c2cccc(C(=O)O)c2)n1.Cn1cnc(S(=O)(=O)N(Cc2ccccc2)c2cccc(C(=O)O)c2)c1. The number of aromatic carboxylic acids is 4. The van der Waals surface area contributed by atoms with E-state index in [4.69, 9.17) is 0 Å². The van der Waals surface area contributed by atoms with Crippen LogP contribution in [0.3, 0.4) is 0 Å². The second-order valence-electron chi connectivity index (χ2n) is 23.5.